The minimum Gasteiger partial charge on any atom is -0.310 e. The molecule has 2 heteroatoms. The largest absolute Gasteiger partial charge is 0.310 e. The van der Waals surface area contributed by atoms with Crippen LogP contribution in [0, 0.1) is 27.7 Å². The second kappa shape index (κ2) is 13.2. The zero-order valence-corrected chi connectivity index (χ0v) is 31.8. The maximum absolute atomic E-state index is 2.45. The first-order chi connectivity index (χ1) is 25.0. The first-order valence-corrected chi connectivity index (χ1v) is 18.7. The van der Waals surface area contributed by atoms with Gasteiger partial charge in [-0.05, 0) is 155 Å². The van der Waals surface area contributed by atoms with Gasteiger partial charge in [0.25, 0.3) is 0 Å². The van der Waals surface area contributed by atoms with Crippen LogP contribution in [0.5, 0.6) is 0 Å². The Hall–Kier alpha value is -5.60. The molecule has 0 aliphatic carbocycles. The maximum Gasteiger partial charge on any atom is 0.0540 e. The summed E-state index contributed by atoms with van der Waals surface area (Å²) in [6, 6.07) is 50.6. The molecule has 0 saturated heterocycles. The summed E-state index contributed by atoms with van der Waals surface area (Å²) in [5.74, 6) is 0.952. The van der Waals surface area contributed by atoms with Gasteiger partial charge in [-0.25, -0.2) is 0 Å². The van der Waals surface area contributed by atoms with Crippen LogP contribution in [0.3, 0.4) is 0 Å². The number of nitrogens with zero attached hydrogens (tertiary/aromatic N) is 2. The van der Waals surface area contributed by atoms with Crippen molar-refractivity contribution in [2.24, 2.45) is 0 Å². The molecule has 8 aromatic carbocycles. The van der Waals surface area contributed by atoms with Crippen LogP contribution in [-0.2, 0) is 0 Å². The number of anilines is 6. The summed E-state index contributed by atoms with van der Waals surface area (Å²) < 4.78 is 0. The molecule has 8 rings (SSSR count). The Balaban J connectivity index is 1.39. The van der Waals surface area contributed by atoms with Crippen molar-refractivity contribution in [3.63, 3.8) is 0 Å². The Labute approximate surface area is 309 Å². The summed E-state index contributed by atoms with van der Waals surface area (Å²) in [6.07, 6.45) is 0. The molecule has 0 bridgehead atoms. The Morgan fingerprint density at radius 1 is 0.346 bits per heavy atom. The molecule has 0 N–H and O–H groups in total. The van der Waals surface area contributed by atoms with Crippen molar-refractivity contribution in [2.45, 2.75) is 67.2 Å². The van der Waals surface area contributed by atoms with Crippen molar-refractivity contribution in [2.75, 3.05) is 9.80 Å². The molecule has 0 spiro atoms. The van der Waals surface area contributed by atoms with Crippen molar-refractivity contribution in [1.82, 2.24) is 0 Å². The van der Waals surface area contributed by atoms with Crippen LogP contribution in [0.25, 0.3) is 32.3 Å². The molecule has 0 aliphatic heterocycles. The molecule has 0 atom stereocenters. The highest BCUT2D eigenvalue weighted by atomic mass is 15.1. The van der Waals surface area contributed by atoms with Crippen LogP contribution in [0.4, 0.5) is 34.1 Å². The number of hydrogen-bond acceptors (Lipinski definition) is 2. The topological polar surface area (TPSA) is 6.48 Å². The highest BCUT2D eigenvalue weighted by Gasteiger charge is 2.22. The third kappa shape index (κ3) is 5.97. The zero-order valence-electron chi connectivity index (χ0n) is 31.8. The zero-order chi connectivity index (χ0) is 36.3. The lowest BCUT2D eigenvalue weighted by Gasteiger charge is -2.30. The lowest BCUT2D eigenvalue weighted by atomic mass is 9.91. The summed E-state index contributed by atoms with van der Waals surface area (Å²) in [5.41, 5.74) is 14.8. The second-order valence-corrected chi connectivity index (χ2v) is 15.4. The van der Waals surface area contributed by atoms with Gasteiger partial charge >= 0.3 is 0 Å². The van der Waals surface area contributed by atoms with Gasteiger partial charge in [0.1, 0.15) is 0 Å². The summed E-state index contributed by atoms with van der Waals surface area (Å²) in [4.78, 5) is 4.91. The smallest absolute Gasteiger partial charge is 0.0540 e. The Morgan fingerprint density at radius 2 is 0.673 bits per heavy atom. The van der Waals surface area contributed by atoms with Gasteiger partial charge in [-0.3, -0.25) is 0 Å². The minimum atomic E-state index is 0.476. The van der Waals surface area contributed by atoms with E-state index in [1.165, 1.54) is 88.4 Å². The molecule has 0 radical (unpaired) electrons. The van der Waals surface area contributed by atoms with E-state index in [4.69, 9.17) is 0 Å². The van der Waals surface area contributed by atoms with E-state index in [-0.39, 0.29) is 0 Å². The van der Waals surface area contributed by atoms with Crippen LogP contribution >= 0.6 is 0 Å². The average molecular weight is 677 g/mol. The third-order valence-corrected chi connectivity index (χ3v) is 10.7. The predicted molar refractivity (Wildman–Crippen MR) is 227 cm³/mol. The van der Waals surface area contributed by atoms with Crippen molar-refractivity contribution >= 4 is 66.4 Å². The predicted octanol–water partition coefficient (Wildman–Crippen LogP) is 15.0. The monoisotopic (exact) mass is 676 g/mol. The molecule has 2 nitrogen and oxygen atoms in total. The number of aryl methyl sites for hydroxylation is 4. The van der Waals surface area contributed by atoms with Crippen LogP contribution in [0.1, 0.15) is 72.9 Å². The van der Waals surface area contributed by atoms with E-state index >= 15 is 0 Å². The van der Waals surface area contributed by atoms with Crippen molar-refractivity contribution in [3.8, 4) is 0 Å². The van der Waals surface area contributed by atoms with Crippen molar-refractivity contribution in [1.29, 1.82) is 0 Å². The van der Waals surface area contributed by atoms with E-state index < -0.39 is 0 Å². The van der Waals surface area contributed by atoms with Gasteiger partial charge in [0.2, 0.25) is 0 Å². The fourth-order valence-electron chi connectivity index (χ4n) is 8.19. The summed E-state index contributed by atoms with van der Waals surface area (Å²) in [5, 5.41) is 7.61. The number of benzene rings is 8. The molecule has 0 amide bonds. The third-order valence-electron chi connectivity index (χ3n) is 10.7. The Morgan fingerprint density at radius 3 is 1.00 bits per heavy atom. The summed E-state index contributed by atoms with van der Waals surface area (Å²) >= 11 is 0. The van der Waals surface area contributed by atoms with Gasteiger partial charge in [-0.2, -0.15) is 0 Å². The van der Waals surface area contributed by atoms with Gasteiger partial charge in [0.05, 0.1) is 11.4 Å². The van der Waals surface area contributed by atoms with Gasteiger partial charge in [-0.1, -0.05) is 100 Å². The van der Waals surface area contributed by atoms with E-state index in [1.54, 1.807) is 0 Å². The van der Waals surface area contributed by atoms with Gasteiger partial charge in [-0.15, -0.1) is 0 Å². The molecule has 8 aromatic rings. The molecular formula is C50H48N2. The van der Waals surface area contributed by atoms with Crippen LogP contribution in [0.15, 0.2) is 133 Å². The van der Waals surface area contributed by atoms with Crippen molar-refractivity contribution < 1.29 is 0 Å². The van der Waals surface area contributed by atoms with E-state index in [2.05, 4.69) is 199 Å². The van der Waals surface area contributed by atoms with Crippen LogP contribution in [-0.4, -0.2) is 0 Å². The van der Waals surface area contributed by atoms with E-state index in [1.807, 2.05) is 0 Å². The number of rotatable bonds is 8. The maximum atomic E-state index is 2.45. The quantitative estimate of drug-likeness (QED) is 0.148. The molecule has 0 aromatic heterocycles. The van der Waals surface area contributed by atoms with Crippen molar-refractivity contribution in [3.05, 3.63) is 167 Å². The fourth-order valence-corrected chi connectivity index (χ4v) is 8.19. The first-order valence-electron chi connectivity index (χ1n) is 18.7. The summed E-state index contributed by atoms with van der Waals surface area (Å²) in [6.45, 7) is 17.8. The molecule has 0 aliphatic rings. The van der Waals surface area contributed by atoms with E-state index in [0.717, 1.165) is 11.4 Å². The van der Waals surface area contributed by atoms with Gasteiger partial charge in [0, 0.05) is 33.5 Å². The SMILES string of the molecule is Cc1cc(C)cc(N(c2ccc(C(C)C)cc2)c2ccc3ccc4c(N(c5ccc(C(C)C)cc5)c5cc(C)cc(C)c5)ccc5ccc2c3c54)c1. The molecular weight excluding hydrogens is 629 g/mol. The first kappa shape index (κ1) is 33.5. The molecule has 52 heavy (non-hydrogen) atoms. The summed E-state index contributed by atoms with van der Waals surface area (Å²) in [7, 11) is 0. The Kier molecular flexibility index (Phi) is 8.50. The lowest BCUT2D eigenvalue weighted by molar-refractivity contribution is 0.866. The minimum absolute atomic E-state index is 0.476. The standard InChI is InChI=1S/C50H48N2/c1-31(2)37-9-17-41(18-10-37)51(43-27-33(5)25-34(6)28-43)47-23-15-39-14-22-46-48(24-16-40-13-21-45(47)49(39)50(40)46)52(44-29-35(7)26-36(8)30-44)42-19-11-38(12-20-42)32(3)4/h9-32H,1-8H3. The molecule has 0 unspecified atom stereocenters. The van der Waals surface area contributed by atoms with Crippen LogP contribution in [0.2, 0.25) is 0 Å². The second-order valence-electron chi connectivity index (χ2n) is 15.4. The highest BCUT2D eigenvalue weighted by molar-refractivity contribution is 6.28. The van der Waals surface area contributed by atoms with E-state index in [9.17, 15) is 0 Å². The Bertz CT molecular complexity index is 2330. The van der Waals surface area contributed by atoms with E-state index in [0.29, 0.717) is 11.8 Å². The molecule has 258 valence electrons. The highest BCUT2D eigenvalue weighted by Crippen LogP contribution is 2.48. The normalized spacial score (nSPS) is 11.8. The fraction of sp³-hybridized carbons (Fsp3) is 0.200. The number of hydrogen-bond donors (Lipinski definition) is 0. The molecule has 0 fully saturated rings. The average Bonchev–Trinajstić information content (AvgIpc) is 3.11. The van der Waals surface area contributed by atoms with Gasteiger partial charge < -0.3 is 9.80 Å². The van der Waals surface area contributed by atoms with Gasteiger partial charge in [0.15, 0.2) is 0 Å². The van der Waals surface area contributed by atoms with Crippen LogP contribution < -0.4 is 9.80 Å². The molecule has 0 heterocycles. The molecule has 0 saturated carbocycles. The lowest BCUT2D eigenvalue weighted by Crippen LogP contribution is -2.12.